The number of aliphatic hydroxyl groups excluding tert-OH is 2. The van der Waals surface area contributed by atoms with Crippen molar-refractivity contribution in [2.75, 3.05) is 25.5 Å². The van der Waals surface area contributed by atoms with Crippen LogP contribution in [0.25, 0.3) is 0 Å². The maximum absolute atomic E-state index is 14.2. The molecule has 0 radical (unpaired) electrons. The molecular weight excluding hydrogens is 639 g/mol. The Morgan fingerprint density at radius 2 is 1.48 bits per heavy atom. The number of benzene rings is 4. The lowest BCUT2D eigenvalue weighted by Gasteiger charge is -2.42. The Hall–Kier alpha value is -4.40. The molecule has 4 aromatic rings. The van der Waals surface area contributed by atoms with E-state index < -0.39 is 65.2 Å². The summed E-state index contributed by atoms with van der Waals surface area (Å²) >= 11 is 0. The first kappa shape index (κ1) is 34.9. The van der Waals surface area contributed by atoms with Gasteiger partial charge in [-0.2, -0.15) is 0 Å². The van der Waals surface area contributed by atoms with Crippen LogP contribution in [0.1, 0.15) is 58.0 Å². The number of nitrogens with zero attached hydrogens (tertiary/aromatic N) is 1. The van der Waals surface area contributed by atoms with Crippen LogP contribution in [0, 0.1) is 35.0 Å². The molecule has 4 N–H and O–H groups in total. The summed E-state index contributed by atoms with van der Waals surface area (Å²) in [6.07, 6.45) is -2.72. The minimum absolute atomic E-state index is 0.00484. The zero-order chi connectivity index (χ0) is 34.7. The average molecular weight is 673 g/mol. The van der Waals surface area contributed by atoms with Crippen molar-refractivity contribution in [2.45, 2.75) is 38.1 Å². The number of nitrogens with one attached hydrogen (secondary N) is 1. The molecule has 5 rings (SSSR count). The van der Waals surface area contributed by atoms with E-state index in [1.54, 1.807) is 24.3 Å². The molecule has 1 fully saturated rings. The third-order valence-corrected chi connectivity index (χ3v) is 8.23. The number of rotatable bonds is 10. The van der Waals surface area contributed by atoms with Gasteiger partial charge in [0.2, 0.25) is 5.82 Å². The smallest absolute Gasteiger partial charge is 0.261 e. The number of aliphatic hydroxyl groups is 2. The van der Waals surface area contributed by atoms with E-state index in [0.29, 0.717) is 17.7 Å². The zero-order valence-electron chi connectivity index (χ0n) is 25.8. The van der Waals surface area contributed by atoms with E-state index in [0.717, 1.165) is 11.1 Å². The highest BCUT2D eigenvalue weighted by atomic mass is 19.2. The minimum Gasteiger partial charge on any atom is -0.508 e. The van der Waals surface area contributed by atoms with Crippen LogP contribution in [0.2, 0.25) is 0 Å². The number of aromatic hydroxyl groups is 1. The molecule has 1 amide bonds. The van der Waals surface area contributed by atoms with E-state index in [1.165, 1.54) is 36.4 Å². The predicted octanol–water partition coefficient (Wildman–Crippen LogP) is 6.29. The lowest BCUT2D eigenvalue weighted by Crippen LogP contribution is -2.44. The third-order valence-electron chi connectivity index (χ3n) is 8.23. The van der Waals surface area contributed by atoms with E-state index in [1.807, 2.05) is 31.0 Å². The summed E-state index contributed by atoms with van der Waals surface area (Å²) in [5, 5.41) is 32.2. The van der Waals surface area contributed by atoms with Gasteiger partial charge in [0.1, 0.15) is 11.3 Å². The Balaban J connectivity index is 1.35. The van der Waals surface area contributed by atoms with Crippen molar-refractivity contribution in [3.8, 4) is 5.75 Å². The van der Waals surface area contributed by atoms with Crippen molar-refractivity contribution >= 4 is 11.6 Å². The molecular formula is C35H33F5N2O6. The third kappa shape index (κ3) is 7.50. The first-order valence-corrected chi connectivity index (χ1v) is 15.0. The summed E-state index contributed by atoms with van der Waals surface area (Å²) in [5.41, 5.74) is 0.989. The van der Waals surface area contributed by atoms with E-state index >= 15 is 0 Å². The van der Waals surface area contributed by atoms with Crippen LogP contribution >= 0.6 is 0 Å². The van der Waals surface area contributed by atoms with Gasteiger partial charge in [0.15, 0.2) is 29.6 Å². The number of likely N-dealkylation sites (N-methyl/N-ethyl adjacent to an activating group) is 1. The number of anilines is 1. The van der Waals surface area contributed by atoms with Crippen molar-refractivity contribution in [3.63, 3.8) is 0 Å². The number of ether oxygens (including phenoxy) is 2. The summed E-state index contributed by atoms with van der Waals surface area (Å²) in [4.78, 5) is 14.4. The maximum atomic E-state index is 14.2. The summed E-state index contributed by atoms with van der Waals surface area (Å²) in [5.74, 6) is -13.0. The van der Waals surface area contributed by atoms with Gasteiger partial charge in [-0.1, -0.05) is 55.5 Å². The molecule has 5 atom stereocenters. The standard InChI is InChI=1S/C35H33F5N2O6/c1-18-26(16-42(2)15-25(45)22-4-3-5-24(44)14-22)47-35(48-33(18)20-8-6-19(17-43)7-9-20)21-10-12-23(13-11-21)41-34(46)27-28(36)30(38)32(40)31(39)29(27)37/h3-14,18,25-26,33,35,43-45H,15-17H2,1-2H3,(H,41,46). The molecule has 1 aliphatic heterocycles. The Labute approximate surface area is 273 Å². The highest BCUT2D eigenvalue weighted by molar-refractivity contribution is 6.04. The first-order chi connectivity index (χ1) is 22.9. The molecule has 0 saturated carbocycles. The van der Waals surface area contributed by atoms with Crippen LogP contribution in [0.4, 0.5) is 27.6 Å². The molecule has 1 heterocycles. The summed E-state index contributed by atoms with van der Waals surface area (Å²) in [6, 6.07) is 19.4. The lowest BCUT2D eigenvalue weighted by molar-refractivity contribution is -0.276. The molecule has 254 valence electrons. The fraction of sp³-hybridized carbons (Fsp3) is 0.286. The molecule has 0 aliphatic carbocycles. The second-order valence-corrected chi connectivity index (χ2v) is 11.7. The van der Waals surface area contributed by atoms with Gasteiger partial charge in [0.25, 0.3) is 5.91 Å². The van der Waals surface area contributed by atoms with Gasteiger partial charge in [0, 0.05) is 30.3 Å². The number of carbonyl (C=O) groups excluding carboxylic acids is 1. The number of phenols is 1. The van der Waals surface area contributed by atoms with Crippen LogP contribution in [0.5, 0.6) is 5.75 Å². The second-order valence-electron chi connectivity index (χ2n) is 11.7. The number of halogens is 5. The fourth-order valence-electron chi connectivity index (χ4n) is 5.56. The highest BCUT2D eigenvalue weighted by Crippen LogP contribution is 2.42. The highest BCUT2D eigenvalue weighted by Gasteiger charge is 2.39. The molecule has 0 spiro atoms. The fourth-order valence-corrected chi connectivity index (χ4v) is 5.56. The van der Waals surface area contributed by atoms with Gasteiger partial charge < -0.3 is 35.0 Å². The predicted molar refractivity (Wildman–Crippen MR) is 164 cm³/mol. The van der Waals surface area contributed by atoms with Gasteiger partial charge >= 0.3 is 0 Å². The Bertz CT molecular complexity index is 1730. The molecule has 48 heavy (non-hydrogen) atoms. The zero-order valence-corrected chi connectivity index (χ0v) is 25.8. The molecule has 13 heteroatoms. The average Bonchev–Trinajstić information content (AvgIpc) is 3.08. The van der Waals surface area contributed by atoms with Crippen LogP contribution in [-0.4, -0.2) is 52.4 Å². The van der Waals surface area contributed by atoms with E-state index in [4.69, 9.17) is 9.47 Å². The molecule has 4 aromatic carbocycles. The largest absolute Gasteiger partial charge is 0.508 e. The maximum Gasteiger partial charge on any atom is 0.261 e. The van der Waals surface area contributed by atoms with Gasteiger partial charge in [0.05, 0.1) is 24.9 Å². The van der Waals surface area contributed by atoms with Crippen molar-refractivity contribution in [1.82, 2.24) is 4.90 Å². The number of hydrogen-bond acceptors (Lipinski definition) is 7. The molecule has 0 aromatic heterocycles. The summed E-state index contributed by atoms with van der Waals surface area (Å²) in [6.45, 7) is 2.44. The molecule has 1 aliphatic rings. The Kier molecular flexibility index (Phi) is 10.8. The van der Waals surface area contributed by atoms with Crippen LogP contribution in [0.15, 0.2) is 72.8 Å². The van der Waals surface area contributed by atoms with E-state index in [-0.39, 0.29) is 30.5 Å². The van der Waals surface area contributed by atoms with Gasteiger partial charge in [-0.15, -0.1) is 0 Å². The summed E-state index contributed by atoms with van der Waals surface area (Å²) in [7, 11) is 1.82. The van der Waals surface area contributed by atoms with Crippen LogP contribution in [-0.2, 0) is 16.1 Å². The van der Waals surface area contributed by atoms with E-state index in [9.17, 15) is 42.1 Å². The molecule has 8 nitrogen and oxygen atoms in total. The molecule has 0 bridgehead atoms. The number of amides is 1. The van der Waals surface area contributed by atoms with Gasteiger partial charge in [-0.25, -0.2) is 22.0 Å². The van der Waals surface area contributed by atoms with Gasteiger partial charge in [-0.05, 0) is 48.0 Å². The number of hydrogen-bond donors (Lipinski definition) is 4. The van der Waals surface area contributed by atoms with Crippen molar-refractivity contribution < 1.29 is 51.5 Å². The number of phenolic OH excluding ortho intramolecular Hbond substituents is 1. The number of carbonyl (C=O) groups is 1. The molecule has 1 saturated heterocycles. The van der Waals surface area contributed by atoms with Crippen molar-refractivity contribution in [1.29, 1.82) is 0 Å². The quantitative estimate of drug-likeness (QED) is 0.0891. The minimum atomic E-state index is -2.37. The molecule has 5 unspecified atom stereocenters. The topological polar surface area (TPSA) is 111 Å². The Morgan fingerprint density at radius 3 is 2.08 bits per heavy atom. The normalized spacial score (nSPS) is 20.1. The van der Waals surface area contributed by atoms with Crippen LogP contribution in [0.3, 0.4) is 0 Å². The van der Waals surface area contributed by atoms with Crippen molar-refractivity contribution in [2.24, 2.45) is 5.92 Å². The summed E-state index contributed by atoms with van der Waals surface area (Å²) < 4.78 is 81.8. The van der Waals surface area contributed by atoms with Gasteiger partial charge in [-0.3, -0.25) is 4.79 Å². The van der Waals surface area contributed by atoms with E-state index in [2.05, 4.69) is 5.32 Å². The SMILES string of the molecule is CC1C(CN(C)CC(O)c2cccc(O)c2)OC(c2ccc(NC(=O)c3c(F)c(F)c(F)c(F)c3F)cc2)OC1c1ccc(CO)cc1. The van der Waals surface area contributed by atoms with Crippen molar-refractivity contribution in [3.05, 3.63) is 130 Å². The van der Waals surface area contributed by atoms with Crippen LogP contribution < -0.4 is 5.32 Å². The monoisotopic (exact) mass is 672 g/mol. The Morgan fingerprint density at radius 1 is 0.875 bits per heavy atom. The second kappa shape index (κ2) is 14.8. The lowest BCUT2D eigenvalue weighted by atomic mass is 9.90. The first-order valence-electron chi connectivity index (χ1n) is 15.0.